The maximum Gasteiger partial charge on any atom is 0.260 e. The van der Waals surface area contributed by atoms with E-state index in [0.29, 0.717) is 39.0 Å². The zero-order chi connectivity index (χ0) is 37.9. The Morgan fingerprint density at radius 1 is 0.907 bits per heavy atom. The smallest absolute Gasteiger partial charge is 0.260 e. The number of carbonyl (C=O) groups excluding carboxylic acids is 4. The Bertz CT molecular complexity index is 2220. The number of carbonyl (C=O) groups is 4. The number of fused-ring (bicyclic) bond motifs is 4. The molecule has 2 saturated heterocycles. The number of rotatable bonds is 9. The Balaban J connectivity index is 1.34. The minimum atomic E-state index is -1.55. The molecule has 4 amide bonds. The number of methoxy groups -OCH3 is 1. The predicted molar refractivity (Wildman–Crippen MR) is 211 cm³/mol. The number of amides is 4. The predicted octanol–water partition coefficient (Wildman–Crippen LogP) is 7.17. The highest BCUT2D eigenvalue weighted by Crippen LogP contribution is 2.65. The molecular weight excluding hydrogens is 844 g/mol. The van der Waals surface area contributed by atoms with Gasteiger partial charge in [0.2, 0.25) is 11.8 Å². The summed E-state index contributed by atoms with van der Waals surface area (Å²) in [5, 5.41) is 11.4. The van der Waals surface area contributed by atoms with Gasteiger partial charge in [0.1, 0.15) is 18.1 Å². The Hall–Kier alpha value is -4.43. The summed E-state index contributed by atoms with van der Waals surface area (Å²) in [6.07, 6.45) is 2.38. The number of aliphatic hydroxyl groups excluding tert-OH is 1. The van der Waals surface area contributed by atoms with E-state index in [4.69, 9.17) is 32.7 Å². The van der Waals surface area contributed by atoms with E-state index in [9.17, 15) is 14.7 Å². The molecule has 6 unspecified atom stereocenters. The van der Waals surface area contributed by atoms with Crippen molar-refractivity contribution >= 4 is 80.8 Å². The van der Waals surface area contributed by atoms with Crippen molar-refractivity contribution in [1.82, 2.24) is 5.01 Å². The summed E-state index contributed by atoms with van der Waals surface area (Å²) in [4.78, 5) is 60.5. The van der Waals surface area contributed by atoms with Crippen LogP contribution in [0.3, 0.4) is 0 Å². The number of imide groups is 2. The Morgan fingerprint density at radius 2 is 1.65 bits per heavy atom. The van der Waals surface area contributed by atoms with Gasteiger partial charge in [0, 0.05) is 20.1 Å². The van der Waals surface area contributed by atoms with Crippen LogP contribution in [0.1, 0.15) is 29.9 Å². The summed E-state index contributed by atoms with van der Waals surface area (Å²) >= 11 is 14.9. The fourth-order valence-electron chi connectivity index (χ4n) is 9.04. The quantitative estimate of drug-likeness (QED) is 0.103. The number of hydrazine groups is 1. The first-order valence-corrected chi connectivity index (χ1v) is 19.3. The molecule has 3 fully saturated rings. The maximum absolute atomic E-state index is 15.5. The van der Waals surface area contributed by atoms with Gasteiger partial charge in [-0.15, -0.1) is 0 Å². The van der Waals surface area contributed by atoms with E-state index in [1.54, 1.807) is 67.8 Å². The molecule has 0 spiro atoms. The summed E-state index contributed by atoms with van der Waals surface area (Å²) < 4.78 is 12.6. The van der Waals surface area contributed by atoms with Gasteiger partial charge in [-0.2, -0.15) is 5.01 Å². The average Bonchev–Trinajstić information content (AvgIpc) is 3.56. The van der Waals surface area contributed by atoms with E-state index in [-0.39, 0.29) is 42.9 Å². The van der Waals surface area contributed by atoms with Crippen molar-refractivity contribution in [2.45, 2.75) is 24.2 Å². The van der Waals surface area contributed by atoms with Crippen LogP contribution in [0, 0.1) is 27.2 Å². The average molecular weight is 879 g/mol. The van der Waals surface area contributed by atoms with Crippen molar-refractivity contribution in [1.29, 1.82) is 0 Å². The number of para-hydroxylation sites is 1. The zero-order valence-corrected chi connectivity index (χ0v) is 32.5. The molecule has 276 valence electrons. The maximum atomic E-state index is 15.5. The number of anilines is 2. The van der Waals surface area contributed by atoms with Gasteiger partial charge < -0.3 is 14.6 Å². The van der Waals surface area contributed by atoms with Gasteiger partial charge in [-0.1, -0.05) is 65.2 Å². The molecule has 2 aliphatic carbocycles. The van der Waals surface area contributed by atoms with Crippen LogP contribution in [0.5, 0.6) is 11.5 Å². The molecule has 10 nitrogen and oxygen atoms in total. The van der Waals surface area contributed by atoms with Gasteiger partial charge in [0.15, 0.2) is 0 Å². The fraction of sp³-hybridized carbons (Fsp3) is 0.268. The summed E-state index contributed by atoms with van der Waals surface area (Å²) in [5.74, 6) is -4.47. The largest absolute Gasteiger partial charge is 0.497 e. The third kappa shape index (κ3) is 5.70. The molecule has 4 aliphatic rings. The third-order valence-electron chi connectivity index (χ3n) is 11.2. The Kier molecular flexibility index (Phi) is 9.70. The highest BCUT2D eigenvalue weighted by atomic mass is 127. The number of hydrogen-bond acceptors (Lipinski definition) is 8. The first kappa shape index (κ1) is 36.5. The van der Waals surface area contributed by atoms with E-state index >= 15 is 9.59 Å². The number of aliphatic hydroxyl groups is 1. The van der Waals surface area contributed by atoms with E-state index in [0.717, 1.165) is 14.2 Å². The minimum Gasteiger partial charge on any atom is -0.497 e. The number of allylic oxidation sites excluding steroid dienone is 2. The van der Waals surface area contributed by atoms with Crippen molar-refractivity contribution in [2.24, 2.45) is 23.7 Å². The molecule has 13 heteroatoms. The van der Waals surface area contributed by atoms with Gasteiger partial charge in [-0.3, -0.25) is 29.5 Å². The first-order chi connectivity index (χ1) is 26.1. The van der Waals surface area contributed by atoms with Crippen molar-refractivity contribution < 1.29 is 33.8 Å². The molecule has 54 heavy (non-hydrogen) atoms. The lowest BCUT2D eigenvalue weighted by molar-refractivity contribution is -0.138. The van der Waals surface area contributed by atoms with E-state index < -0.39 is 46.8 Å². The molecular formula is C41H34Cl2IN3O7. The number of nitrogens with one attached hydrogen (secondary N) is 1. The van der Waals surface area contributed by atoms with Gasteiger partial charge in [-0.05, 0) is 108 Å². The molecule has 2 heterocycles. The summed E-state index contributed by atoms with van der Waals surface area (Å²) in [6, 6.07) is 26.3. The number of nitrogens with zero attached hydrogens (tertiary/aromatic N) is 2. The second kappa shape index (κ2) is 14.3. The molecule has 1 saturated carbocycles. The second-order valence-corrected chi connectivity index (χ2v) is 15.9. The second-order valence-electron chi connectivity index (χ2n) is 13.8. The number of hydrogen-bond donors (Lipinski definition) is 2. The van der Waals surface area contributed by atoms with Gasteiger partial charge >= 0.3 is 0 Å². The molecule has 4 aromatic carbocycles. The lowest BCUT2D eigenvalue weighted by Crippen LogP contribution is -2.53. The van der Waals surface area contributed by atoms with Gasteiger partial charge in [-0.25, -0.2) is 0 Å². The van der Waals surface area contributed by atoms with Crippen LogP contribution in [0.25, 0.3) is 0 Å². The number of ether oxygens (including phenoxy) is 2. The van der Waals surface area contributed by atoms with Crippen LogP contribution in [0.4, 0.5) is 11.4 Å². The molecule has 8 rings (SSSR count). The van der Waals surface area contributed by atoms with Crippen molar-refractivity contribution in [3.63, 3.8) is 0 Å². The van der Waals surface area contributed by atoms with E-state index in [2.05, 4.69) is 28.0 Å². The molecule has 6 atom stereocenters. The highest BCUT2D eigenvalue weighted by Gasteiger charge is 2.70. The van der Waals surface area contributed by atoms with Crippen LogP contribution in [0.15, 0.2) is 103 Å². The molecule has 0 radical (unpaired) electrons. The highest BCUT2D eigenvalue weighted by molar-refractivity contribution is 14.1. The van der Waals surface area contributed by atoms with E-state index in [1.165, 1.54) is 11.0 Å². The van der Waals surface area contributed by atoms with Crippen molar-refractivity contribution in [3.05, 3.63) is 127 Å². The van der Waals surface area contributed by atoms with Crippen molar-refractivity contribution in [2.75, 3.05) is 30.6 Å². The first-order valence-electron chi connectivity index (χ1n) is 17.5. The SMILES string of the molecule is COc1ccc(C23C(=O)N(Nc4ccc(Cl)cc4Cl)C(=O)C2CC2C(=CCC4C(=O)N(c5ccc(I)cc5)C(=O)C42)C3c2ccccc2OCCO)cc1. The van der Waals surface area contributed by atoms with Gasteiger partial charge in [0.05, 0.1) is 53.3 Å². The standard InChI is InChI=1S/C41H34Cl2IN3O7/c1-53-26-13-6-22(7-14-26)41-31(38(50)47(40(41)52)45-33-17-8-23(42)20-32(33)43)21-30-27(36(41)28-4-2-3-5-34(28)54-19-18-48)15-16-29-35(30)39(51)46(37(29)49)25-11-9-24(44)10-12-25/h2-15,17,20,29-31,35-36,45,48H,16,18-19,21H2,1H3. The molecule has 0 aromatic heterocycles. The normalized spacial score (nSPS) is 25.9. The number of benzene rings is 4. The summed E-state index contributed by atoms with van der Waals surface area (Å²) in [6.45, 7) is -0.258. The number of halogens is 3. The van der Waals surface area contributed by atoms with Crippen LogP contribution in [0.2, 0.25) is 10.0 Å². The lowest BCUT2D eigenvalue weighted by Gasteiger charge is -2.50. The third-order valence-corrected chi connectivity index (χ3v) is 12.5. The Morgan fingerprint density at radius 3 is 2.35 bits per heavy atom. The van der Waals surface area contributed by atoms with Crippen molar-refractivity contribution in [3.8, 4) is 11.5 Å². The van der Waals surface area contributed by atoms with Gasteiger partial charge in [0.25, 0.3) is 11.8 Å². The monoisotopic (exact) mass is 877 g/mol. The van der Waals surface area contributed by atoms with Crippen LogP contribution < -0.4 is 19.8 Å². The summed E-state index contributed by atoms with van der Waals surface area (Å²) in [7, 11) is 1.55. The topological polar surface area (TPSA) is 125 Å². The van der Waals surface area contributed by atoms with Crippen LogP contribution in [-0.4, -0.2) is 54.1 Å². The van der Waals surface area contributed by atoms with E-state index in [1.807, 2.05) is 30.3 Å². The molecule has 2 N–H and O–H groups in total. The summed E-state index contributed by atoms with van der Waals surface area (Å²) in [5.41, 5.74) is 4.21. The molecule has 4 aromatic rings. The fourth-order valence-corrected chi connectivity index (χ4v) is 9.85. The lowest BCUT2D eigenvalue weighted by atomic mass is 9.49. The Labute approximate surface area is 335 Å². The molecule has 0 bridgehead atoms. The van der Waals surface area contributed by atoms with Crippen LogP contribution in [-0.2, 0) is 24.6 Å². The van der Waals surface area contributed by atoms with Crippen LogP contribution >= 0.6 is 45.8 Å². The minimum absolute atomic E-state index is 0.0105. The molecule has 2 aliphatic heterocycles. The zero-order valence-electron chi connectivity index (χ0n) is 28.9.